The zero-order valence-electron chi connectivity index (χ0n) is 8.18. The highest BCUT2D eigenvalue weighted by Crippen LogP contribution is 2.28. The van der Waals surface area contributed by atoms with Crippen LogP contribution in [-0.4, -0.2) is 0 Å². The Balaban J connectivity index is 2.57. The van der Waals surface area contributed by atoms with Gasteiger partial charge in [0, 0.05) is 10.6 Å². The Labute approximate surface area is 96.5 Å². The van der Waals surface area contributed by atoms with E-state index in [9.17, 15) is 8.78 Å². The number of nitrogens with two attached hydrogens (primary N) is 1. The van der Waals surface area contributed by atoms with E-state index in [0.717, 1.165) is 0 Å². The number of rotatable bonds is 1. The molecule has 0 bridgehead atoms. The first-order valence-electron chi connectivity index (χ1n) is 4.59. The van der Waals surface area contributed by atoms with Crippen molar-refractivity contribution in [1.29, 1.82) is 0 Å². The molecule has 0 aromatic heterocycles. The zero-order chi connectivity index (χ0) is 11.7. The number of nitrogen functional groups attached to an aromatic ring is 1. The summed E-state index contributed by atoms with van der Waals surface area (Å²) in [5.41, 5.74) is 5.78. The molecule has 0 fully saturated rings. The van der Waals surface area contributed by atoms with Crippen molar-refractivity contribution in [2.45, 2.75) is 0 Å². The van der Waals surface area contributed by atoms with Crippen molar-refractivity contribution in [2.75, 3.05) is 5.73 Å². The molecule has 1 nitrogen and oxygen atoms in total. The highest BCUT2D eigenvalue weighted by Gasteiger charge is 2.12. The van der Waals surface area contributed by atoms with E-state index >= 15 is 0 Å². The summed E-state index contributed by atoms with van der Waals surface area (Å²) in [4.78, 5) is 0. The molecule has 4 heteroatoms. The van der Waals surface area contributed by atoms with E-state index in [4.69, 9.17) is 17.3 Å². The van der Waals surface area contributed by atoms with Gasteiger partial charge in [0.25, 0.3) is 0 Å². The van der Waals surface area contributed by atoms with Crippen molar-refractivity contribution in [3.05, 3.63) is 53.1 Å². The van der Waals surface area contributed by atoms with Gasteiger partial charge >= 0.3 is 0 Å². The highest BCUT2D eigenvalue weighted by atomic mass is 35.5. The molecule has 0 heterocycles. The minimum absolute atomic E-state index is 0.170. The maximum Gasteiger partial charge on any atom is 0.182 e. The number of anilines is 1. The summed E-state index contributed by atoms with van der Waals surface area (Å²) in [5, 5.41) is 0.542. The lowest BCUT2D eigenvalue weighted by Crippen LogP contribution is -1.96. The normalized spacial score (nSPS) is 10.4. The Kier molecular flexibility index (Phi) is 2.79. The predicted molar refractivity (Wildman–Crippen MR) is 61.2 cm³/mol. The van der Waals surface area contributed by atoms with E-state index < -0.39 is 11.6 Å². The van der Waals surface area contributed by atoms with Crippen molar-refractivity contribution in [2.24, 2.45) is 0 Å². The van der Waals surface area contributed by atoms with Crippen LogP contribution in [0, 0.1) is 11.6 Å². The van der Waals surface area contributed by atoms with Crippen LogP contribution in [0.4, 0.5) is 14.5 Å². The monoisotopic (exact) mass is 239 g/mol. The first-order chi connectivity index (χ1) is 7.59. The Bertz CT molecular complexity index is 523. The van der Waals surface area contributed by atoms with Crippen LogP contribution in [-0.2, 0) is 0 Å². The Morgan fingerprint density at radius 3 is 2.12 bits per heavy atom. The molecule has 0 atom stereocenters. The van der Waals surface area contributed by atoms with Crippen LogP contribution in [0.2, 0.25) is 5.02 Å². The average Bonchev–Trinajstić information content (AvgIpc) is 2.28. The van der Waals surface area contributed by atoms with Gasteiger partial charge in [-0.1, -0.05) is 23.7 Å². The molecule has 0 saturated heterocycles. The minimum Gasteiger partial charge on any atom is -0.396 e. The molecule has 0 spiro atoms. The van der Waals surface area contributed by atoms with Gasteiger partial charge in [0.2, 0.25) is 0 Å². The summed E-state index contributed by atoms with van der Waals surface area (Å²) in [6.07, 6.45) is 0. The number of hydrogen-bond donors (Lipinski definition) is 1. The molecule has 0 radical (unpaired) electrons. The molecular weight excluding hydrogens is 232 g/mol. The van der Waals surface area contributed by atoms with Crippen LogP contribution in [0.5, 0.6) is 0 Å². The topological polar surface area (TPSA) is 26.0 Å². The SMILES string of the molecule is Nc1ccc(-c2ccc(Cl)cc2)c(F)c1F. The lowest BCUT2D eigenvalue weighted by molar-refractivity contribution is 0.514. The first kappa shape index (κ1) is 10.9. The summed E-state index contributed by atoms with van der Waals surface area (Å²) in [5.74, 6) is -1.96. The summed E-state index contributed by atoms with van der Waals surface area (Å²) in [6, 6.07) is 9.25. The summed E-state index contributed by atoms with van der Waals surface area (Å²) >= 11 is 5.71. The van der Waals surface area contributed by atoms with Crippen LogP contribution in [0.3, 0.4) is 0 Å². The molecule has 82 valence electrons. The maximum absolute atomic E-state index is 13.6. The molecule has 0 unspecified atom stereocenters. The molecule has 0 aliphatic rings. The third kappa shape index (κ3) is 1.86. The van der Waals surface area contributed by atoms with E-state index in [2.05, 4.69) is 0 Å². The standard InChI is InChI=1S/C12H8ClF2N/c13-8-3-1-7(2-4-8)9-5-6-10(16)12(15)11(9)14/h1-6H,16H2. The van der Waals surface area contributed by atoms with E-state index in [1.807, 2.05) is 0 Å². The zero-order valence-corrected chi connectivity index (χ0v) is 8.93. The number of hydrogen-bond acceptors (Lipinski definition) is 1. The van der Waals surface area contributed by atoms with Gasteiger partial charge in [-0.05, 0) is 29.8 Å². The largest absolute Gasteiger partial charge is 0.396 e. The third-order valence-electron chi connectivity index (χ3n) is 2.27. The second-order valence-electron chi connectivity index (χ2n) is 3.34. The van der Waals surface area contributed by atoms with Crippen LogP contribution in [0.15, 0.2) is 36.4 Å². The summed E-state index contributed by atoms with van der Waals surface area (Å²) in [7, 11) is 0. The van der Waals surface area contributed by atoms with Crippen molar-refractivity contribution in [1.82, 2.24) is 0 Å². The molecule has 2 N–H and O–H groups in total. The predicted octanol–water partition coefficient (Wildman–Crippen LogP) is 3.87. The fourth-order valence-electron chi connectivity index (χ4n) is 1.42. The van der Waals surface area contributed by atoms with Crippen LogP contribution >= 0.6 is 11.6 Å². The molecule has 0 aliphatic carbocycles. The van der Waals surface area contributed by atoms with Crippen LogP contribution in [0.1, 0.15) is 0 Å². The van der Waals surface area contributed by atoms with Crippen LogP contribution < -0.4 is 5.73 Å². The van der Waals surface area contributed by atoms with Gasteiger partial charge in [-0.15, -0.1) is 0 Å². The second-order valence-corrected chi connectivity index (χ2v) is 3.77. The Morgan fingerprint density at radius 2 is 1.50 bits per heavy atom. The third-order valence-corrected chi connectivity index (χ3v) is 2.52. The second kappa shape index (κ2) is 4.10. The fourth-order valence-corrected chi connectivity index (χ4v) is 1.54. The van der Waals surface area contributed by atoms with Gasteiger partial charge in [-0.3, -0.25) is 0 Å². The Hall–Kier alpha value is -1.61. The molecule has 2 aromatic carbocycles. The lowest BCUT2D eigenvalue weighted by Gasteiger charge is -2.06. The van der Waals surface area contributed by atoms with Crippen molar-refractivity contribution < 1.29 is 8.78 Å². The summed E-state index contributed by atoms with van der Waals surface area (Å²) < 4.78 is 26.8. The van der Waals surface area contributed by atoms with Gasteiger partial charge in [-0.2, -0.15) is 0 Å². The van der Waals surface area contributed by atoms with Gasteiger partial charge < -0.3 is 5.73 Å². The smallest absolute Gasteiger partial charge is 0.182 e. The number of benzene rings is 2. The summed E-state index contributed by atoms with van der Waals surface area (Å²) in [6.45, 7) is 0. The first-order valence-corrected chi connectivity index (χ1v) is 4.97. The maximum atomic E-state index is 13.6. The molecule has 0 aliphatic heterocycles. The Morgan fingerprint density at radius 1 is 0.875 bits per heavy atom. The van der Waals surface area contributed by atoms with E-state index in [1.54, 1.807) is 24.3 Å². The lowest BCUT2D eigenvalue weighted by atomic mass is 10.0. The minimum atomic E-state index is -1.02. The van der Waals surface area contributed by atoms with E-state index in [1.165, 1.54) is 12.1 Å². The van der Waals surface area contributed by atoms with Crippen molar-refractivity contribution in [3.63, 3.8) is 0 Å². The van der Waals surface area contributed by atoms with Crippen LogP contribution in [0.25, 0.3) is 11.1 Å². The quantitative estimate of drug-likeness (QED) is 0.751. The van der Waals surface area contributed by atoms with Gasteiger partial charge in [0.1, 0.15) is 0 Å². The number of halogens is 3. The van der Waals surface area contributed by atoms with Gasteiger partial charge in [0.15, 0.2) is 11.6 Å². The van der Waals surface area contributed by atoms with E-state index in [0.29, 0.717) is 10.6 Å². The molecule has 0 amide bonds. The van der Waals surface area contributed by atoms with E-state index in [-0.39, 0.29) is 11.3 Å². The van der Waals surface area contributed by atoms with Gasteiger partial charge in [0.05, 0.1) is 5.69 Å². The highest BCUT2D eigenvalue weighted by molar-refractivity contribution is 6.30. The van der Waals surface area contributed by atoms with Gasteiger partial charge in [-0.25, -0.2) is 8.78 Å². The average molecular weight is 240 g/mol. The molecule has 2 rings (SSSR count). The molecule has 2 aromatic rings. The van der Waals surface area contributed by atoms with Crippen molar-refractivity contribution in [3.8, 4) is 11.1 Å². The molecule has 16 heavy (non-hydrogen) atoms. The molecular formula is C12H8ClF2N. The fraction of sp³-hybridized carbons (Fsp3) is 0. The van der Waals surface area contributed by atoms with Crippen molar-refractivity contribution >= 4 is 17.3 Å². The molecule has 0 saturated carbocycles.